The van der Waals surface area contributed by atoms with Crippen molar-refractivity contribution in [3.63, 3.8) is 0 Å². The van der Waals surface area contributed by atoms with Crippen molar-refractivity contribution in [2.75, 3.05) is 37.6 Å². The molecule has 2 fully saturated rings. The third-order valence-electron chi connectivity index (χ3n) is 6.49. The van der Waals surface area contributed by atoms with Crippen molar-refractivity contribution in [1.82, 2.24) is 20.2 Å². The summed E-state index contributed by atoms with van der Waals surface area (Å²) < 4.78 is 0. The summed E-state index contributed by atoms with van der Waals surface area (Å²) in [5, 5.41) is 5.64. The number of nitrogens with zero attached hydrogens (tertiary/aromatic N) is 4. The van der Waals surface area contributed by atoms with Crippen LogP contribution in [0.1, 0.15) is 61.7 Å². The van der Waals surface area contributed by atoms with E-state index in [4.69, 9.17) is 22.2 Å². The Morgan fingerprint density at radius 2 is 1.97 bits per heavy atom. The molecule has 0 amide bonds. The van der Waals surface area contributed by atoms with E-state index >= 15 is 0 Å². The average Bonchev–Trinajstić information content (AvgIpc) is 3.52. The molecule has 2 aromatic rings. The molecule has 7 heteroatoms. The summed E-state index contributed by atoms with van der Waals surface area (Å²) in [6.45, 7) is 9.39. The fraction of sp³-hybridized carbons (Fsp3) is 0.682. The maximum Gasteiger partial charge on any atom is 0.169 e. The van der Waals surface area contributed by atoms with E-state index in [1.165, 1.54) is 48.1 Å². The third-order valence-corrected chi connectivity index (χ3v) is 8.04. The molecule has 5 rings (SSSR count). The predicted octanol–water partition coefficient (Wildman–Crippen LogP) is 4.10. The standard InChI is InChI=1S/C22H31N5S2/c1-3-8-23-22(28)27-11-9-26(10-12-27)20-18-16-7-4-14(2)13-17(16)29-21(18)25-19(24-20)15-5-6-15/h14-15H,3-13H2,1-2H3,(H,23,28)/t14-/m1/s1. The number of aromatic nitrogens is 2. The van der Waals surface area contributed by atoms with Crippen molar-refractivity contribution in [2.45, 2.75) is 58.3 Å². The highest BCUT2D eigenvalue weighted by molar-refractivity contribution is 7.80. The quantitative estimate of drug-likeness (QED) is 0.738. The Balaban J connectivity index is 1.44. The van der Waals surface area contributed by atoms with Gasteiger partial charge in [-0.05, 0) is 62.2 Å². The van der Waals surface area contributed by atoms with Gasteiger partial charge in [0, 0.05) is 43.5 Å². The van der Waals surface area contributed by atoms with Gasteiger partial charge in [-0.3, -0.25) is 0 Å². The van der Waals surface area contributed by atoms with Crippen LogP contribution in [0.25, 0.3) is 10.2 Å². The molecule has 0 aromatic carbocycles. The summed E-state index contributed by atoms with van der Waals surface area (Å²) in [6, 6.07) is 0. The van der Waals surface area contributed by atoms with Crippen LogP contribution in [-0.2, 0) is 12.8 Å². The van der Waals surface area contributed by atoms with Gasteiger partial charge in [-0.25, -0.2) is 9.97 Å². The van der Waals surface area contributed by atoms with Crippen LogP contribution in [-0.4, -0.2) is 52.7 Å². The smallest absolute Gasteiger partial charge is 0.169 e. The number of hydrogen-bond acceptors (Lipinski definition) is 5. The van der Waals surface area contributed by atoms with E-state index in [2.05, 4.69) is 29.0 Å². The number of rotatable bonds is 4. The summed E-state index contributed by atoms with van der Waals surface area (Å²) in [4.78, 5) is 17.8. The van der Waals surface area contributed by atoms with E-state index in [-0.39, 0.29) is 0 Å². The number of aryl methyl sites for hydroxylation is 1. The van der Waals surface area contributed by atoms with Crippen LogP contribution in [0.5, 0.6) is 0 Å². The number of fused-ring (bicyclic) bond motifs is 3. The summed E-state index contributed by atoms with van der Waals surface area (Å²) in [5.74, 6) is 3.66. The highest BCUT2D eigenvalue weighted by Gasteiger charge is 2.32. The monoisotopic (exact) mass is 429 g/mol. The molecule has 1 saturated heterocycles. The maximum absolute atomic E-state index is 5.58. The van der Waals surface area contributed by atoms with E-state index in [0.29, 0.717) is 5.92 Å². The molecule has 0 bridgehead atoms. The van der Waals surface area contributed by atoms with Crippen LogP contribution in [0.4, 0.5) is 5.82 Å². The van der Waals surface area contributed by atoms with Gasteiger partial charge >= 0.3 is 0 Å². The minimum Gasteiger partial charge on any atom is -0.363 e. The number of nitrogens with one attached hydrogen (secondary N) is 1. The molecule has 3 aliphatic rings. The van der Waals surface area contributed by atoms with E-state index in [1.807, 2.05) is 11.3 Å². The predicted molar refractivity (Wildman–Crippen MR) is 125 cm³/mol. The van der Waals surface area contributed by atoms with Gasteiger partial charge in [-0.15, -0.1) is 11.3 Å². The number of hydrogen-bond donors (Lipinski definition) is 1. The Labute approximate surface area is 182 Å². The zero-order chi connectivity index (χ0) is 20.0. The average molecular weight is 430 g/mol. The van der Waals surface area contributed by atoms with Crippen LogP contribution >= 0.6 is 23.6 Å². The molecule has 29 heavy (non-hydrogen) atoms. The van der Waals surface area contributed by atoms with E-state index in [1.54, 1.807) is 10.4 Å². The van der Waals surface area contributed by atoms with Crippen LogP contribution in [0.3, 0.4) is 0 Å². The second kappa shape index (κ2) is 7.99. The Hall–Kier alpha value is -1.47. The Morgan fingerprint density at radius 1 is 1.17 bits per heavy atom. The lowest BCUT2D eigenvalue weighted by atomic mass is 9.89. The summed E-state index contributed by atoms with van der Waals surface area (Å²) in [5.41, 5.74) is 1.54. The first-order chi connectivity index (χ1) is 14.1. The second-order valence-electron chi connectivity index (χ2n) is 8.92. The molecule has 0 radical (unpaired) electrons. The number of thiophene rings is 1. The number of anilines is 1. The third kappa shape index (κ3) is 3.83. The van der Waals surface area contributed by atoms with Crippen LogP contribution < -0.4 is 10.2 Å². The molecule has 2 aliphatic carbocycles. The molecule has 3 heterocycles. The molecule has 0 spiro atoms. The highest BCUT2D eigenvalue weighted by atomic mass is 32.1. The molecule has 2 aromatic heterocycles. The first-order valence-corrected chi connectivity index (χ1v) is 12.5. The van der Waals surface area contributed by atoms with Crippen LogP contribution in [0, 0.1) is 5.92 Å². The van der Waals surface area contributed by atoms with Crippen molar-refractivity contribution < 1.29 is 0 Å². The molecule has 156 valence electrons. The lowest BCUT2D eigenvalue weighted by Gasteiger charge is -2.37. The van der Waals surface area contributed by atoms with Gasteiger partial charge in [0.05, 0.1) is 5.39 Å². The Morgan fingerprint density at radius 3 is 2.69 bits per heavy atom. The molecule has 5 nitrogen and oxygen atoms in total. The van der Waals surface area contributed by atoms with Crippen LogP contribution in [0.2, 0.25) is 0 Å². The molecule has 1 aliphatic heterocycles. The zero-order valence-electron chi connectivity index (χ0n) is 17.5. The van der Waals surface area contributed by atoms with Crippen molar-refractivity contribution >= 4 is 44.7 Å². The second-order valence-corrected chi connectivity index (χ2v) is 10.4. The van der Waals surface area contributed by atoms with Gasteiger partial charge in [0.1, 0.15) is 16.5 Å². The molecule has 1 atom stereocenters. The van der Waals surface area contributed by atoms with E-state index in [9.17, 15) is 0 Å². The fourth-order valence-corrected chi connectivity index (χ4v) is 6.23. The van der Waals surface area contributed by atoms with E-state index < -0.39 is 0 Å². The summed E-state index contributed by atoms with van der Waals surface area (Å²) in [7, 11) is 0. The van der Waals surface area contributed by atoms with Crippen LogP contribution in [0.15, 0.2) is 0 Å². The topological polar surface area (TPSA) is 44.3 Å². The molecular formula is C22H31N5S2. The molecule has 0 unspecified atom stereocenters. The van der Waals surface area contributed by atoms with Gasteiger partial charge in [-0.2, -0.15) is 0 Å². The molecule has 1 N–H and O–H groups in total. The normalized spacial score (nSPS) is 22.1. The fourth-order valence-electron chi connectivity index (χ4n) is 4.56. The zero-order valence-corrected chi connectivity index (χ0v) is 19.2. The largest absolute Gasteiger partial charge is 0.363 e. The maximum atomic E-state index is 5.58. The summed E-state index contributed by atoms with van der Waals surface area (Å²) >= 11 is 7.52. The minimum absolute atomic E-state index is 0.586. The number of piperazine rings is 1. The summed E-state index contributed by atoms with van der Waals surface area (Å²) in [6.07, 6.45) is 7.27. The number of thiocarbonyl (C=S) groups is 1. The lowest BCUT2D eigenvalue weighted by Crippen LogP contribution is -2.52. The van der Waals surface area contributed by atoms with Gasteiger partial charge in [0.15, 0.2) is 5.11 Å². The first kappa shape index (κ1) is 19.5. The minimum atomic E-state index is 0.586. The van der Waals surface area contributed by atoms with E-state index in [0.717, 1.165) is 56.0 Å². The van der Waals surface area contributed by atoms with Gasteiger partial charge < -0.3 is 15.1 Å². The van der Waals surface area contributed by atoms with Gasteiger partial charge in [0.25, 0.3) is 0 Å². The SMILES string of the molecule is CCCNC(=S)N1CCN(c2nc(C3CC3)nc3sc4c(c23)CC[C@@H](C)C4)CC1. The van der Waals surface area contributed by atoms with Crippen molar-refractivity contribution in [1.29, 1.82) is 0 Å². The lowest BCUT2D eigenvalue weighted by molar-refractivity contribution is 0.379. The molecular weight excluding hydrogens is 398 g/mol. The first-order valence-electron chi connectivity index (χ1n) is 11.2. The Kier molecular flexibility index (Phi) is 5.37. The van der Waals surface area contributed by atoms with Crippen molar-refractivity contribution in [3.05, 3.63) is 16.3 Å². The molecule has 1 saturated carbocycles. The van der Waals surface area contributed by atoms with Crippen molar-refractivity contribution in [3.8, 4) is 0 Å². The van der Waals surface area contributed by atoms with Crippen molar-refractivity contribution in [2.24, 2.45) is 5.92 Å². The Bertz CT molecular complexity index is 912. The van der Waals surface area contributed by atoms with Gasteiger partial charge in [0.2, 0.25) is 0 Å². The highest BCUT2D eigenvalue weighted by Crippen LogP contribution is 2.44. The van der Waals surface area contributed by atoms with Gasteiger partial charge in [-0.1, -0.05) is 13.8 Å².